The number of aromatic nitrogens is 2. The summed E-state index contributed by atoms with van der Waals surface area (Å²) >= 11 is 1.30. The van der Waals surface area contributed by atoms with Gasteiger partial charge in [-0.25, -0.2) is 4.98 Å². The lowest BCUT2D eigenvalue weighted by atomic mass is 9.93. The van der Waals surface area contributed by atoms with Crippen molar-refractivity contribution in [1.82, 2.24) is 15.3 Å². The maximum atomic E-state index is 12.1. The first-order valence-corrected chi connectivity index (χ1v) is 7.75. The van der Waals surface area contributed by atoms with Crippen molar-refractivity contribution in [3.63, 3.8) is 0 Å². The van der Waals surface area contributed by atoms with E-state index in [0.29, 0.717) is 17.5 Å². The predicted molar refractivity (Wildman–Crippen MR) is 83.2 cm³/mol. The van der Waals surface area contributed by atoms with Crippen molar-refractivity contribution < 1.29 is 4.79 Å². The van der Waals surface area contributed by atoms with Crippen molar-refractivity contribution in [2.75, 3.05) is 11.1 Å². The second kappa shape index (κ2) is 6.09. The standard InChI is InChI=1S/C14H17N5OS/c15-12-11(21-14(19-12)18-9-5-3-6-9)13(20)17-8-10-4-1-2-7-16-10/h1-2,4,7,9H,3,5-6,8,15H2,(H,17,20)(H,18,19). The smallest absolute Gasteiger partial charge is 0.265 e. The van der Waals surface area contributed by atoms with Crippen LogP contribution in [0.15, 0.2) is 24.4 Å². The fourth-order valence-electron chi connectivity index (χ4n) is 2.04. The first-order valence-electron chi connectivity index (χ1n) is 6.93. The van der Waals surface area contributed by atoms with Crippen LogP contribution in [0.25, 0.3) is 0 Å². The number of pyridine rings is 1. The molecule has 0 unspecified atom stereocenters. The third-order valence-electron chi connectivity index (χ3n) is 3.45. The molecule has 7 heteroatoms. The van der Waals surface area contributed by atoms with E-state index in [1.165, 1.54) is 17.8 Å². The molecule has 110 valence electrons. The molecule has 1 saturated carbocycles. The third-order valence-corrected chi connectivity index (χ3v) is 4.45. The Kier molecular flexibility index (Phi) is 4.01. The molecule has 1 fully saturated rings. The maximum Gasteiger partial charge on any atom is 0.265 e. The number of nitrogen functional groups attached to an aromatic ring is 1. The van der Waals surface area contributed by atoms with Gasteiger partial charge in [0.1, 0.15) is 10.7 Å². The largest absolute Gasteiger partial charge is 0.382 e. The van der Waals surface area contributed by atoms with Crippen molar-refractivity contribution in [3.05, 3.63) is 35.0 Å². The van der Waals surface area contributed by atoms with Crippen molar-refractivity contribution in [1.29, 1.82) is 0 Å². The van der Waals surface area contributed by atoms with Gasteiger partial charge in [-0.2, -0.15) is 0 Å². The third kappa shape index (κ3) is 3.30. The van der Waals surface area contributed by atoms with Crippen molar-refractivity contribution in [2.45, 2.75) is 31.8 Å². The molecular weight excluding hydrogens is 286 g/mol. The highest BCUT2D eigenvalue weighted by Crippen LogP contribution is 2.29. The van der Waals surface area contributed by atoms with Gasteiger partial charge in [0.25, 0.3) is 5.91 Å². The number of amides is 1. The van der Waals surface area contributed by atoms with Crippen LogP contribution < -0.4 is 16.4 Å². The van der Waals surface area contributed by atoms with Crippen molar-refractivity contribution in [2.24, 2.45) is 0 Å². The second-order valence-corrected chi connectivity index (χ2v) is 6.01. The number of nitrogens with one attached hydrogen (secondary N) is 2. The molecule has 3 rings (SSSR count). The van der Waals surface area contributed by atoms with Crippen LogP contribution in [-0.4, -0.2) is 21.9 Å². The number of carbonyl (C=O) groups excluding carboxylic acids is 1. The summed E-state index contributed by atoms with van der Waals surface area (Å²) in [6, 6.07) is 6.06. The molecule has 1 amide bonds. The zero-order valence-electron chi connectivity index (χ0n) is 11.5. The number of carbonyl (C=O) groups is 1. The Morgan fingerprint density at radius 1 is 1.43 bits per heavy atom. The van der Waals surface area contributed by atoms with Gasteiger partial charge in [-0.05, 0) is 31.4 Å². The van der Waals surface area contributed by atoms with Crippen LogP contribution >= 0.6 is 11.3 Å². The average Bonchev–Trinajstić information content (AvgIpc) is 2.82. The number of anilines is 2. The quantitative estimate of drug-likeness (QED) is 0.785. The van der Waals surface area contributed by atoms with Gasteiger partial charge in [-0.15, -0.1) is 0 Å². The predicted octanol–water partition coefficient (Wildman–Crippen LogP) is 2.01. The minimum Gasteiger partial charge on any atom is -0.382 e. The molecule has 0 aliphatic heterocycles. The minimum atomic E-state index is -0.211. The molecule has 1 aliphatic rings. The molecule has 21 heavy (non-hydrogen) atoms. The molecule has 0 spiro atoms. The summed E-state index contributed by atoms with van der Waals surface area (Å²) in [4.78, 5) is 21.0. The van der Waals surface area contributed by atoms with E-state index in [0.717, 1.165) is 23.7 Å². The van der Waals surface area contributed by atoms with E-state index < -0.39 is 0 Å². The maximum absolute atomic E-state index is 12.1. The van der Waals surface area contributed by atoms with E-state index in [-0.39, 0.29) is 11.7 Å². The summed E-state index contributed by atoms with van der Waals surface area (Å²) in [5.74, 6) is 0.0673. The van der Waals surface area contributed by atoms with Gasteiger partial charge in [-0.3, -0.25) is 9.78 Å². The Morgan fingerprint density at radius 2 is 2.29 bits per heavy atom. The van der Waals surface area contributed by atoms with Crippen molar-refractivity contribution in [3.8, 4) is 0 Å². The van der Waals surface area contributed by atoms with Gasteiger partial charge in [0.15, 0.2) is 5.13 Å². The molecule has 2 aromatic heterocycles. The van der Waals surface area contributed by atoms with E-state index in [4.69, 9.17) is 5.73 Å². The number of rotatable bonds is 5. The normalized spacial score (nSPS) is 14.5. The lowest BCUT2D eigenvalue weighted by Gasteiger charge is -2.25. The van der Waals surface area contributed by atoms with E-state index in [2.05, 4.69) is 20.6 Å². The highest BCUT2D eigenvalue weighted by atomic mass is 32.1. The zero-order chi connectivity index (χ0) is 14.7. The van der Waals surface area contributed by atoms with Gasteiger partial charge in [0, 0.05) is 12.2 Å². The summed E-state index contributed by atoms with van der Waals surface area (Å²) in [7, 11) is 0. The van der Waals surface area contributed by atoms with Crippen LogP contribution in [-0.2, 0) is 6.54 Å². The lowest BCUT2D eigenvalue weighted by Crippen LogP contribution is -2.26. The molecule has 6 nitrogen and oxygen atoms in total. The summed E-state index contributed by atoms with van der Waals surface area (Å²) in [5, 5.41) is 6.84. The number of hydrogen-bond acceptors (Lipinski definition) is 6. The number of nitrogens with two attached hydrogens (primary N) is 1. The number of thiazole rings is 1. The van der Waals surface area contributed by atoms with Crippen LogP contribution in [0.5, 0.6) is 0 Å². The molecule has 0 aromatic carbocycles. The van der Waals surface area contributed by atoms with E-state index in [1.54, 1.807) is 6.20 Å². The van der Waals surface area contributed by atoms with Crippen LogP contribution in [0.4, 0.5) is 10.9 Å². The topological polar surface area (TPSA) is 92.9 Å². The van der Waals surface area contributed by atoms with E-state index >= 15 is 0 Å². The van der Waals surface area contributed by atoms with E-state index in [9.17, 15) is 4.79 Å². The zero-order valence-corrected chi connectivity index (χ0v) is 12.3. The minimum absolute atomic E-state index is 0.211. The Morgan fingerprint density at radius 3 is 2.95 bits per heavy atom. The monoisotopic (exact) mass is 303 g/mol. The molecule has 2 heterocycles. The summed E-state index contributed by atoms with van der Waals surface area (Å²) < 4.78 is 0. The molecule has 4 N–H and O–H groups in total. The SMILES string of the molecule is Nc1nc(NC2CCC2)sc1C(=O)NCc1ccccn1. The van der Waals surface area contributed by atoms with Crippen molar-refractivity contribution >= 4 is 28.2 Å². The van der Waals surface area contributed by atoms with Gasteiger partial charge >= 0.3 is 0 Å². The summed E-state index contributed by atoms with van der Waals surface area (Å²) in [6.07, 6.45) is 5.25. The fourth-order valence-corrected chi connectivity index (χ4v) is 2.92. The Balaban J connectivity index is 1.61. The Bertz CT molecular complexity index is 624. The molecular formula is C14H17N5OS. The molecule has 2 aromatic rings. The van der Waals surface area contributed by atoms with Crippen LogP contribution in [0.3, 0.4) is 0 Å². The van der Waals surface area contributed by atoms with Gasteiger partial charge in [0.05, 0.1) is 12.2 Å². The molecule has 0 radical (unpaired) electrons. The Hall–Kier alpha value is -2.15. The Labute approximate surface area is 126 Å². The number of nitrogens with zero attached hydrogens (tertiary/aromatic N) is 2. The molecule has 0 saturated heterocycles. The van der Waals surface area contributed by atoms with Crippen LogP contribution in [0.1, 0.15) is 34.6 Å². The fraction of sp³-hybridized carbons (Fsp3) is 0.357. The van der Waals surface area contributed by atoms with Gasteiger partial charge < -0.3 is 16.4 Å². The van der Waals surface area contributed by atoms with Gasteiger partial charge in [-0.1, -0.05) is 17.4 Å². The second-order valence-electron chi connectivity index (χ2n) is 5.01. The van der Waals surface area contributed by atoms with Crippen LogP contribution in [0, 0.1) is 0 Å². The van der Waals surface area contributed by atoms with Crippen LogP contribution in [0.2, 0.25) is 0 Å². The number of hydrogen-bond donors (Lipinski definition) is 3. The first kappa shape index (κ1) is 13.8. The lowest BCUT2D eigenvalue weighted by molar-refractivity contribution is 0.0955. The summed E-state index contributed by atoms with van der Waals surface area (Å²) in [5.41, 5.74) is 6.64. The molecule has 0 bridgehead atoms. The molecule has 0 atom stereocenters. The molecule has 1 aliphatic carbocycles. The van der Waals surface area contributed by atoms with Gasteiger partial charge in [0.2, 0.25) is 0 Å². The highest BCUT2D eigenvalue weighted by Gasteiger charge is 2.21. The highest BCUT2D eigenvalue weighted by molar-refractivity contribution is 7.18. The first-order chi connectivity index (χ1) is 10.2. The van der Waals surface area contributed by atoms with E-state index in [1.807, 2.05) is 18.2 Å². The summed E-state index contributed by atoms with van der Waals surface area (Å²) in [6.45, 7) is 0.377. The average molecular weight is 303 g/mol.